The fourth-order valence-corrected chi connectivity index (χ4v) is 4.42. The van der Waals surface area contributed by atoms with E-state index in [0.717, 1.165) is 35.4 Å². The highest BCUT2D eigenvalue weighted by atomic mass is 19.1. The summed E-state index contributed by atoms with van der Waals surface area (Å²) in [7, 11) is 0. The quantitative estimate of drug-likeness (QED) is 0.330. The van der Waals surface area contributed by atoms with E-state index >= 15 is 0 Å². The van der Waals surface area contributed by atoms with Gasteiger partial charge in [0.1, 0.15) is 5.82 Å². The van der Waals surface area contributed by atoms with Gasteiger partial charge in [-0.25, -0.2) is 4.39 Å². The molecular formula is C30H35F. The van der Waals surface area contributed by atoms with E-state index in [-0.39, 0.29) is 5.82 Å². The second kappa shape index (κ2) is 12.4. The fraction of sp³-hybridized carbons (Fsp3) is 0.467. The van der Waals surface area contributed by atoms with Gasteiger partial charge in [0.2, 0.25) is 0 Å². The van der Waals surface area contributed by atoms with Crippen LogP contribution in [0.4, 0.5) is 4.39 Å². The standard InChI is InChI=1S/C30H35F/c1-3-5-7-9-24-11-13-26(14-12-24)17-20-28-21-22-29(23-30(28)31)27-18-15-25(16-19-27)10-8-6-4-2/h11-14,21-23,25,27H,3-6,8,10,15-16,18-19H2,1-2H3/t25-,27-. The highest BCUT2D eigenvalue weighted by Gasteiger charge is 2.22. The van der Waals surface area contributed by atoms with Gasteiger partial charge in [-0.2, -0.15) is 0 Å². The van der Waals surface area contributed by atoms with Crippen molar-refractivity contribution in [3.05, 3.63) is 70.5 Å². The zero-order chi connectivity index (χ0) is 21.9. The molecule has 0 spiro atoms. The first-order chi connectivity index (χ1) is 15.2. The van der Waals surface area contributed by atoms with E-state index < -0.39 is 0 Å². The van der Waals surface area contributed by atoms with Crippen LogP contribution >= 0.6 is 0 Å². The highest BCUT2D eigenvalue weighted by molar-refractivity contribution is 5.47. The third kappa shape index (κ3) is 7.29. The molecule has 0 amide bonds. The van der Waals surface area contributed by atoms with Gasteiger partial charge >= 0.3 is 0 Å². The van der Waals surface area contributed by atoms with Crippen LogP contribution in [0.2, 0.25) is 0 Å². The summed E-state index contributed by atoms with van der Waals surface area (Å²) in [5, 5.41) is 0. The highest BCUT2D eigenvalue weighted by Crippen LogP contribution is 2.38. The van der Waals surface area contributed by atoms with E-state index in [9.17, 15) is 4.39 Å². The Hall–Kier alpha value is -2.51. The van der Waals surface area contributed by atoms with Gasteiger partial charge < -0.3 is 0 Å². The SMILES string of the molecule is CCCC#Cc1ccc(C#Cc2ccc([C@H]3CC[C@H](CCCCC)CC3)cc2F)cc1. The number of benzene rings is 2. The Labute approximate surface area is 188 Å². The lowest BCUT2D eigenvalue weighted by Crippen LogP contribution is -2.13. The van der Waals surface area contributed by atoms with Crippen LogP contribution in [0, 0.1) is 35.4 Å². The Balaban J connectivity index is 1.58. The molecule has 2 aromatic rings. The summed E-state index contributed by atoms with van der Waals surface area (Å²) in [6.07, 6.45) is 12.3. The van der Waals surface area contributed by atoms with Gasteiger partial charge in [-0.3, -0.25) is 0 Å². The number of unbranched alkanes of at least 4 members (excludes halogenated alkanes) is 3. The van der Waals surface area contributed by atoms with Crippen LogP contribution in [-0.2, 0) is 0 Å². The molecule has 31 heavy (non-hydrogen) atoms. The van der Waals surface area contributed by atoms with Gasteiger partial charge in [-0.05, 0) is 85.9 Å². The second-order valence-corrected chi connectivity index (χ2v) is 8.83. The smallest absolute Gasteiger partial charge is 0.139 e. The summed E-state index contributed by atoms with van der Waals surface area (Å²) < 4.78 is 14.7. The lowest BCUT2D eigenvalue weighted by Gasteiger charge is -2.29. The molecule has 0 saturated heterocycles. The fourth-order valence-electron chi connectivity index (χ4n) is 4.42. The van der Waals surface area contributed by atoms with Crippen molar-refractivity contribution in [2.75, 3.05) is 0 Å². The van der Waals surface area contributed by atoms with Crippen molar-refractivity contribution in [1.82, 2.24) is 0 Å². The van der Waals surface area contributed by atoms with E-state index in [4.69, 9.17) is 0 Å². The Morgan fingerprint density at radius 2 is 1.52 bits per heavy atom. The molecule has 0 nitrogen and oxygen atoms in total. The molecule has 2 aromatic carbocycles. The number of hydrogen-bond acceptors (Lipinski definition) is 0. The van der Waals surface area contributed by atoms with Crippen LogP contribution < -0.4 is 0 Å². The van der Waals surface area contributed by atoms with Crippen molar-refractivity contribution in [1.29, 1.82) is 0 Å². The minimum absolute atomic E-state index is 0.197. The molecule has 0 aromatic heterocycles. The Kier molecular flexibility index (Phi) is 9.24. The number of rotatable bonds is 6. The topological polar surface area (TPSA) is 0 Å². The van der Waals surface area contributed by atoms with Crippen molar-refractivity contribution in [3.8, 4) is 23.7 Å². The molecule has 0 atom stereocenters. The molecule has 1 heteroatoms. The molecule has 1 aliphatic rings. The lowest BCUT2D eigenvalue weighted by atomic mass is 9.77. The van der Waals surface area contributed by atoms with Gasteiger partial charge in [0.05, 0.1) is 5.56 Å². The summed E-state index contributed by atoms with van der Waals surface area (Å²) in [5.74, 6) is 13.6. The van der Waals surface area contributed by atoms with Crippen LogP contribution in [0.15, 0.2) is 42.5 Å². The summed E-state index contributed by atoms with van der Waals surface area (Å²) in [5.41, 5.74) is 3.49. The first-order valence-corrected chi connectivity index (χ1v) is 12.1. The van der Waals surface area contributed by atoms with Crippen molar-refractivity contribution in [2.24, 2.45) is 5.92 Å². The Bertz CT molecular complexity index is 938. The normalized spacial score (nSPS) is 17.9. The zero-order valence-electron chi connectivity index (χ0n) is 19.1. The first kappa shape index (κ1) is 23.2. The lowest BCUT2D eigenvalue weighted by molar-refractivity contribution is 0.302. The van der Waals surface area contributed by atoms with E-state index in [1.54, 1.807) is 6.07 Å². The van der Waals surface area contributed by atoms with E-state index in [1.807, 2.05) is 30.3 Å². The van der Waals surface area contributed by atoms with Gasteiger partial charge in [0.15, 0.2) is 0 Å². The minimum Gasteiger partial charge on any atom is -0.206 e. The predicted octanol–water partition coefficient (Wildman–Crippen LogP) is 8.23. The monoisotopic (exact) mass is 414 g/mol. The van der Waals surface area contributed by atoms with Crippen LogP contribution in [-0.4, -0.2) is 0 Å². The maximum Gasteiger partial charge on any atom is 0.139 e. The molecule has 1 fully saturated rings. The summed E-state index contributed by atoms with van der Waals surface area (Å²) in [6.45, 7) is 4.39. The second-order valence-electron chi connectivity index (χ2n) is 8.83. The molecule has 0 aliphatic heterocycles. The molecular weight excluding hydrogens is 379 g/mol. The van der Waals surface area contributed by atoms with Gasteiger partial charge in [0, 0.05) is 17.5 Å². The third-order valence-electron chi connectivity index (χ3n) is 6.36. The number of hydrogen-bond donors (Lipinski definition) is 0. The van der Waals surface area contributed by atoms with Gasteiger partial charge in [-0.15, -0.1) is 0 Å². The van der Waals surface area contributed by atoms with E-state index in [0.29, 0.717) is 11.5 Å². The van der Waals surface area contributed by atoms with Crippen LogP contribution in [0.25, 0.3) is 0 Å². The van der Waals surface area contributed by atoms with Crippen molar-refractivity contribution < 1.29 is 4.39 Å². The summed E-state index contributed by atoms with van der Waals surface area (Å²) in [6, 6.07) is 13.5. The van der Waals surface area contributed by atoms with E-state index in [2.05, 4.69) is 43.6 Å². The van der Waals surface area contributed by atoms with Crippen molar-refractivity contribution in [2.45, 2.75) is 84.0 Å². The molecule has 1 saturated carbocycles. The van der Waals surface area contributed by atoms with Crippen molar-refractivity contribution in [3.63, 3.8) is 0 Å². The molecule has 0 bridgehead atoms. The average molecular weight is 415 g/mol. The van der Waals surface area contributed by atoms with Gasteiger partial charge in [0.25, 0.3) is 0 Å². The zero-order valence-corrected chi connectivity index (χ0v) is 19.1. The van der Waals surface area contributed by atoms with Crippen LogP contribution in [0.5, 0.6) is 0 Å². The maximum absolute atomic E-state index is 14.7. The Morgan fingerprint density at radius 3 is 2.16 bits per heavy atom. The largest absolute Gasteiger partial charge is 0.206 e. The third-order valence-corrected chi connectivity index (χ3v) is 6.36. The molecule has 3 rings (SSSR count). The van der Waals surface area contributed by atoms with Crippen molar-refractivity contribution >= 4 is 0 Å². The van der Waals surface area contributed by atoms with Gasteiger partial charge in [-0.1, -0.05) is 69.3 Å². The molecule has 1 aliphatic carbocycles. The number of halogens is 1. The maximum atomic E-state index is 14.7. The Morgan fingerprint density at radius 1 is 0.806 bits per heavy atom. The molecule has 0 heterocycles. The average Bonchev–Trinajstić information content (AvgIpc) is 2.80. The predicted molar refractivity (Wildman–Crippen MR) is 129 cm³/mol. The minimum atomic E-state index is -0.197. The molecule has 0 unspecified atom stereocenters. The summed E-state index contributed by atoms with van der Waals surface area (Å²) in [4.78, 5) is 0. The van der Waals surface area contributed by atoms with Crippen LogP contribution in [0.1, 0.15) is 106 Å². The van der Waals surface area contributed by atoms with Crippen LogP contribution in [0.3, 0.4) is 0 Å². The summed E-state index contributed by atoms with van der Waals surface area (Å²) >= 11 is 0. The van der Waals surface area contributed by atoms with E-state index in [1.165, 1.54) is 51.4 Å². The molecule has 0 N–H and O–H groups in total. The first-order valence-electron chi connectivity index (χ1n) is 12.1. The molecule has 162 valence electrons. The molecule has 0 radical (unpaired) electrons.